The molecule has 1 saturated carbocycles. The van der Waals surface area contributed by atoms with Gasteiger partial charge in [-0.25, -0.2) is 9.97 Å². The second kappa shape index (κ2) is 7.70. The van der Waals surface area contributed by atoms with Gasteiger partial charge in [0.25, 0.3) is 0 Å². The van der Waals surface area contributed by atoms with Crippen molar-refractivity contribution in [3.63, 3.8) is 0 Å². The highest BCUT2D eigenvalue weighted by Crippen LogP contribution is 2.31. The van der Waals surface area contributed by atoms with Crippen molar-refractivity contribution in [3.8, 4) is 0 Å². The molecule has 0 saturated heterocycles. The number of aryl methyl sites for hydroxylation is 1. The van der Waals surface area contributed by atoms with E-state index in [1.807, 2.05) is 38.1 Å². The monoisotopic (exact) mass is 397 g/mol. The lowest BCUT2D eigenvalue weighted by Gasteiger charge is -2.35. The maximum absolute atomic E-state index is 12.9. The molecule has 0 spiro atoms. The molecule has 0 bridgehead atoms. The molecule has 4 atom stereocenters. The highest BCUT2D eigenvalue weighted by molar-refractivity contribution is 8.00. The van der Waals surface area contributed by atoms with Crippen LogP contribution in [-0.2, 0) is 4.79 Å². The fourth-order valence-corrected chi connectivity index (χ4v) is 4.88. The number of hydrogen-bond donors (Lipinski definition) is 1. The quantitative estimate of drug-likeness (QED) is 0.532. The van der Waals surface area contributed by atoms with Crippen molar-refractivity contribution in [2.75, 3.05) is 0 Å². The van der Waals surface area contributed by atoms with E-state index in [1.54, 1.807) is 4.52 Å². The summed E-state index contributed by atoms with van der Waals surface area (Å²) in [5.41, 5.74) is 1.65. The Bertz CT molecular complexity index is 1020. The van der Waals surface area contributed by atoms with Gasteiger partial charge >= 0.3 is 0 Å². The number of fused-ring (bicyclic) bond motifs is 3. The van der Waals surface area contributed by atoms with Gasteiger partial charge in [0.05, 0.1) is 10.8 Å². The number of amides is 1. The number of carbonyl (C=O) groups excluding carboxylic acids is 1. The number of hydrogen-bond acceptors (Lipinski definition) is 5. The van der Waals surface area contributed by atoms with Crippen molar-refractivity contribution in [1.29, 1.82) is 0 Å². The van der Waals surface area contributed by atoms with E-state index in [0.29, 0.717) is 22.8 Å². The number of carbonyl (C=O) groups is 1. The molecule has 1 amide bonds. The van der Waals surface area contributed by atoms with Crippen LogP contribution in [0.4, 0.5) is 0 Å². The topological polar surface area (TPSA) is 72.2 Å². The van der Waals surface area contributed by atoms with Crippen molar-refractivity contribution in [2.24, 2.45) is 11.8 Å². The lowest BCUT2D eigenvalue weighted by Crippen LogP contribution is -2.46. The molecular formula is C21H27N5OS. The van der Waals surface area contributed by atoms with Crippen LogP contribution >= 0.6 is 11.8 Å². The normalized spacial score (nSPS) is 23.8. The van der Waals surface area contributed by atoms with Crippen LogP contribution in [0.15, 0.2) is 29.4 Å². The van der Waals surface area contributed by atoms with Crippen molar-refractivity contribution in [1.82, 2.24) is 24.9 Å². The van der Waals surface area contributed by atoms with E-state index in [9.17, 15) is 4.79 Å². The van der Waals surface area contributed by atoms with Crippen molar-refractivity contribution < 1.29 is 4.79 Å². The number of benzene rings is 1. The van der Waals surface area contributed by atoms with Crippen LogP contribution < -0.4 is 5.32 Å². The Kier molecular flexibility index (Phi) is 5.27. The molecule has 2 aromatic heterocycles. The number of rotatable bonds is 4. The summed E-state index contributed by atoms with van der Waals surface area (Å²) in [6.07, 6.45) is 3.50. The summed E-state index contributed by atoms with van der Waals surface area (Å²) >= 11 is 1.44. The molecule has 0 unspecified atom stereocenters. The Morgan fingerprint density at radius 3 is 2.86 bits per heavy atom. The number of nitrogens with zero attached hydrogens (tertiary/aromatic N) is 4. The third kappa shape index (κ3) is 3.60. The van der Waals surface area contributed by atoms with Gasteiger partial charge in [-0.05, 0) is 44.2 Å². The smallest absolute Gasteiger partial charge is 0.233 e. The van der Waals surface area contributed by atoms with Gasteiger partial charge in [-0.2, -0.15) is 4.52 Å². The van der Waals surface area contributed by atoms with Gasteiger partial charge in [0.15, 0.2) is 10.8 Å². The van der Waals surface area contributed by atoms with Gasteiger partial charge in [0.1, 0.15) is 5.82 Å². The summed E-state index contributed by atoms with van der Waals surface area (Å²) in [6, 6.07) is 8.17. The van der Waals surface area contributed by atoms with Gasteiger partial charge in [-0.3, -0.25) is 4.79 Å². The molecule has 1 fully saturated rings. The standard InChI is InChI=1S/C21H27N5OS/c1-12-8-7-11-17(13(12)2)23-20(27)14(3)28-21-24-18-10-6-5-9-16(18)19-22-15(4)25-26(19)21/h5-6,9-10,12-14,17H,7-8,11H2,1-4H3,(H,23,27)/t12-,13-,14+,17+/m0/s1. The predicted octanol–water partition coefficient (Wildman–Crippen LogP) is 4.01. The molecule has 0 aliphatic heterocycles. The summed E-state index contributed by atoms with van der Waals surface area (Å²) in [5.74, 6) is 1.93. The van der Waals surface area contributed by atoms with Crippen molar-refractivity contribution in [3.05, 3.63) is 30.1 Å². The molecule has 1 aliphatic carbocycles. The minimum absolute atomic E-state index is 0.0656. The highest BCUT2D eigenvalue weighted by atomic mass is 32.2. The minimum Gasteiger partial charge on any atom is -0.352 e. The number of thioether (sulfide) groups is 1. The summed E-state index contributed by atoms with van der Waals surface area (Å²) in [6.45, 7) is 8.34. The fraction of sp³-hybridized carbons (Fsp3) is 0.524. The third-order valence-electron chi connectivity index (χ3n) is 5.94. The van der Waals surface area contributed by atoms with Gasteiger partial charge in [-0.1, -0.05) is 50.6 Å². The van der Waals surface area contributed by atoms with Crippen molar-refractivity contribution >= 4 is 34.2 Å². The zero-order valence-corrected chi connectivity index (χ0v) is 17.7. The average molecular weight is 398 g/mol. The lowest BCUT2D eigenvalue weighted by molar-refractivity contribution is -0.121. The van der Waals surface area contributed by atoms with Crippen LogP contribution in [-0.4, -0.2) is 36.8 Å². The molecule has 1 aromatic carbocycles. The van der Waals surface area contributed by atoms with Crippen LogP contribution in [0.1, 0.15) is 45.9 Å². The Hall–Kier alpha value is -2.15. The van der Waals surface area contributed by atoms with E-state index >= 15 is 0 Å². The molecule has 7 heteroatoms. The fourth-order valence-electron chi connectivity index (χ4n) is 4.01. The largest absolute Gasteiger partial charge is 0.352 e. The summed E-state index contributed by atoms with van der Waals surface area (Å²) < 4.78 is 1.76. The maximum atomic E-state index is 12.9. The zero-order valence-electron chi connectivity index (χ0n) is 16.8. The first-order valence-corrected chi connectivity index (χ1v) is 10.9. The van der Waals surface area contributed by atoms with E-state index in [0.717, 1.165) is 23.0 Å². The lowest BCUT2D eigenvalue weighted by atomic mass is 9.78. The molecule has 4 rings (SSSR count). The molecule has 0 radical (unpaired) electrons. The molecule has 28 heavy (non-hydrogen) atoms. The van der Waals surface area contributed by atoms with Gasteiger partial charge < -0.3 is 5.32 Å². The number of para-hydroxylation sites is 1. The second-order valence-electron chi connectivity index (χ2n) is 7.95. The van der Waals surface area contributed by atoms with Crippen LogP contribution in [0.2, 0.25) is 0 Å². The van der Waals surface area contributed by atoms with E-state index in [2.05, 4.69) is 29.2 Å². The minimum atomic E-state index is -0.259. The van der Waals surface area contributed by atoms with E-state index < -0.39 is 0 Å². The highest BCUT2D eigenvalue weighted by Gasteiger charge is 2.30. The zero-order chi connectivity index (χ0) is 19.8. The van der Waals surface area contributed by atoms with E-state index in [4.69, 9.17) is 4.98 Å². The molecule has 6 nitrogen and oxygen atoms in total. The first kappa shape index (κ1) is 19.2. The predicted molar refractivity (Wildman–Crippen MR) is 112 cm³/mol. The summed E-state index contributed by atoms with van der Waals surface area (Å²) in [4.78, 5) is 22.2. The van der Waals surface area contributed by atoms with E-state index in [-0.39, 0.29) is 17.2 Å². The molecule has 1 N–H and O–H groups in total. The Labute approximate surface area is 169 Å². The Balaban J connectivity index is 1.57. The van der Waals surface area contributed by atoms with Crippen LogP contribution in [0.5, 0.6) is 0 Å². The Morgan fingerprint density at radius 2 is 2.04 bits per heavy atom. The first-order chi connectivity index (χ1) is 13.4. The summed E-state index contributed by atoms with van der Waals surface area (Å²) in [5, 5.41) is 9.19. The van der Waals surface area contributed by atoms with Gasteiger partial charge in [-0.15, -0.1) is 5.10 Å². The molecule has 148 valence electrons. The van der Waals surface area contributed by atoms with Crippen LogP contribution in [0.3, 0.4) is 0 Å². The SMILES string of the molecule is Cc1nc2c3ccccc3nc(S[C@H](C)C(=O)N[C@@H]3CCC[C@H](C)[C@@H]3C)n2n1. The van der Waals surface area contributed by atoms with Gasteiger partial charge in [0, 0.05) is 11.4 Å². The number of nitrogens with one attached hydrogen (secondary N) is 1. The molecule has 2 heterocycles. The van der Waals surface area contributed by atoms with E-state index in [1.165, 1.54) is 24.6 Å². The molecular weight excluding hydrogens is 370 g/mol. The van der Waals surface area contributed by atoms with Crippen LogP contribution in [0.25, 0.3) is 16.6 Å². The maximum Gasteiger partial charge on any atom is 0.233 e. The van der Waals surface area contributed by atoms with Gasteiger partial charge in [0.2, 0.25) is 5.91 Å². The molecule has 3 aromatic rings. The average Bonchev–Trinajstić information content (AvgIpc) is 3.07. The summed E-state index contributed by atoms with van der Waals surface area (Å²) in [7, 11) is 0. The number of aromatic nitrogens is 4. The third-order valence-corrected chi connectivity index (χ3v) is 6.98. The van der Waals surface area contributed by atoms with Crippen LogP contribution in [0, 0.1) is 18.8 Å². The Morgan fingerprint density at radius 1 is 1.25 bits per heavy atom. The van der Waals surface area contributed by atoms with Crippen molar-refractivity contribution in [2.45, 2.75) is 63.4 Å². The second-order valence-corrected chi connectivity index (χ2v) is 9.26. The molecule has 1 aliphatic rings. The first-order valence-electron chi connectivity index (χ1n) is 10.0.